The van der Waals surface area contributed by atoms with Gasteiger partial charge in [0.05, 0.1) is 37.2 Å². The number of aromatic nitrogens is 3. The van der Waals surface area contributed by atoms with Gasteiger partial charge in [-0.15, -0.1) is 5.10 Å². The van der Waals surface area contributed by atoms with E-state index in [1.807, 2.05) is 6.07 Å². The van der Waals surface area contributed by atoms with Crippen LogP contribution in [0, 0.1) is 5.41 Å². The minimum Gasteiger partial charge on any atom is -0.481 e. The Balaban J connectivity index is 1.96. The highest BCUT2D eigenvalue weighted by atomic mass is 16.5. The predicted molar refractivity (Wildman–Crippen MR) is 103 cm³/mol. The first-order valence-electron chi connectivity index (χ1n) is 9.02. The van der Waals surface area contributed by atoms with Gasteiger partial charge in [-0.2, -0.15) is 5.10 Å². The number of ether oxygens (including phenoxy) is 1. The van der Waals surface area contributed by atoms with Gasteiger partial charge in [0, 0.05) is 23.9 Å². The average Bonchev–Trinajstić information content (AvgIpc) is 2.66. The number of carboxylic acids is 1. The maximum absolute atomic E-state index is 12.1. The second-order valence-electron chi connectivity index (χ2n) is 7.58. The molecular formula is C18H24N6O4. The summed E-state index contributed by atoms with van der Waals surface area (Å²) in [4.78, 5) is 29.9. The number of hydrogen-bond donors (Lipinski definition) is 3. The molecule has 0 radical (unpaired) electrons. The average molecular weight is 388 g/mol. The highest BCUT2D eigenvalue weighted by molar-refractivity contribution is 5.94. The number of carbonyl (C=O) groups is 2. The van der Waals surface area contributed by atoms with Crippen molar-refractivity contribution in [1.29, 1.82) is 0 Å². The molecule has 10 heteroatoms. The topological polar surface area (TPSA) is 130 Å². The molecule has 3 heterocycles. The molecule has 1 saturated heterocycles. The number of carbonyl (C=O) groups excluding carboxylic acids is 1. The molecule has 3 rings (SSSR count). The van der Waals surface area contributed by atoms with Crippen molar-refractivity contribution >= 4 is 34.3 Å². The zero-order chi connectivity index (χ0) is 20.3. The minimum atomic E-state index is -1.01. The fourth-order valence-corrected chi connectivity index (χ4v) is 2.73. The van der Waals surface area contributed by atoms with E-state index in [0.29, 0.717) is 29.8 Å². The van der Waals surface area contributed by atoms with Crippen LogP contribution in [-0.2, 0) is 20.7 Å². The molecule has 0 bridgehead atoms. The number of morpholine rings is 1. The molecule has 10 nitrogen and oxygen atoms in total. The van der Waals surface area contributed by atoms with Gasteiger partial charge >= 0.3 is 5.97 Å². The molecule has 150 valence electrons. The van der Waals surface area contributed by atoms with Gasteiger partial charge in [0.25, 0.3) is 0 Å². The van der Waals surface area contributed by atoms with E-state index >= 15 is 0 Å². The lowest BCUT2D eigenvalue weighted by atomic mass is 9.96. The number of hydrazine groups is 1. The normalized spacial score (nSPS) is 14.8. The maximum atomic E-state index is 12.1. The number of fused-ring (bicyclic) bond motifs is 1. The van der Waals surface area contributed by atoms with Gasteiger partial charge in [-0.3, -0.25) is 20.4 Å². The van der Waals surface area contributed by atoms with Crippen LogP contribution in [0.5, 0.6) is 0 Å². The molecular weight excluding hydrogens is 364 g/mol. The molecule has 0 atom stereocenters. The molecule has 1 aliphatic rings. The Hall–Kier alpha value is -3.01. The first-order valence-corrected chi connectivity index (χ1v) is 9.02. The second kappa shape index (κ2) is 7.93. The van der Waals surface area contributed by atoms with Crippen molar-refractivity contribution in [2.45, 2.75) is 27.2 Å². The van der Waals surface area contributed by atoms with E-state index in [9.17, 15) is 14.7 Å². The Morgan fingerprint density at radius 2 is 1.96 bits per heavy atom. The van der Waals surface area contributed by atoms with E-state index in [1.54, 1.807) is 27.0 Å². The van der Waals surface area contributed by atoms with Gasteiger partial charge in [-0.1, -0.05) is 20.8 Å². The van der Waals surface area contributed by atoms with Crippen LogP contribution < -0.4 is 15.8 Å². The highest BCUT2D eigenvalue weighted by Gasteiger charge is 2.22. The van der Waals surface area contributed by atoms with Crippen molar-refractivity contribution < 1.29 is 19.4 Å². The molecule has 0 aliphatic carbocycles. The van der Waals surface area contributed by atoms with Crippen LogP contribution in [-0.4, -0.2) is 58.5 Å². The smallest absolute Gasteiger partial charge is 0.309 e. The fourth-order valence-electron chi connectivity index (χ4n) is 2.73. The molecule has 0 saturated carbocycles. The number of rotatable bonds is 5. The minimum absolute atomic E-state index is 0.220. The summed E-state index contributed by atoms with van der Waals surface area (Å²) in [6, 6.07) is 1.86. The van der Waals surface area contributed by atoms with Gasteiger partial charge in [0.1, 0.15) is 5.52 Å². The third kappa shape index (κ3) is 4.45. The zero-order valence-electron chi connectivity index (χ0n) is 16.2. The molecule has 3 N–H and O–H groups in total. The molecule has 1 aliphatic heterocycles. The Labute approximate surface area is 162 Å². The summed E-state index contributed by atoms with van der Waals surface area (Å²) >= 11 is 0. The Bertz CT molecular complexity index is 890. The van der Waals surface area contributed by atoms with Crippen molar-refractivity contribution in [3.8, 4) is 0 Å². The van der Waals surface area contributed by atoms with Crippen LogP contribution in [0.4, 0.5) is 11.5 Å². The summed E-state index contributed by atoms with van der Waals surface area (Å²) in [5.74, 6) is -0.966. The molecule has 2 aromatic rings. The molecule has 1 amide bonds. The van der Waals surface area contributed by atoms with Crippen molar-refractivity contribution in [3.05, 3.63) is 18.0 Å². The van der Waals surface area contributed by atoms with Crippen LogP contribution in [0.25, 0.3) is 10.9 Å². The molecule has 0 aromatic carbocycles. The van der Waals surface area contributed by atoms with E-state index in [-0.39, 0.29) is 18.1 Å². The van der Waals surface area contributed by atoms with Crippen LogP contribution in [0.2, 0.25) is 0 Å². The first kappa shape index (κ1) is 19.7. The second-order valence-corrected chi connectivity index (χ2v) is 7.58. The lowest BCUT2D eigenvalue weighted by molar-refractivity contribution is -0.136. The largest absolute Gasteiger partial charge is 0.481 e. The lowest BCUT2D eigenvalue weighted by Crippen LogP contribution is -2.38. The van der Waals surface area contributed by atoms with Crippen molar-refractivity contribution in [2.75, 3.05) is 36.6 Å². The lowest BCUT2D eigenvalue weighted by Gasteiger charge is -2.28. The molecule has 2 aromatic heterocycles. The van der Waals surface area contributed by atoms with Crippen LogP contribution in [0.15, 0.2) is 12.3 Å². The predicted octanol–water partition coefficient (Wildman–Crippen LogP) is 0.978. The Morgan fingerprint density at radius 1 is 1.25 bits per heavy atom. The summed E-state index contributed by atoms with van der Waals surface area (Å²) in [7, 11) is 0. The van der Waals surface area contributed by atoms with Crippen LogP contribution >= 0.6 is 0 Å². The van der Waals surface area contributed by atoms with Crippen molar-refractivity contribution in [3.63, 3.8) is 0 Å². The summed E-state index contributed by atoms with van der Waals surface area (Å²) in [5, 5.41) is 17.8. The Morgan fingerprint density at radius 3 is 2.61 bits per heavy atom. The third-order valence-corrected chi connectivity index (χ3v) is 4.35. The summed E-state index contributed by atoms with van der Waals surface area (Å²) in [6.45, 7) is 8.07. The standard InChI is InChI=1S/C18H24N6O4/c1-18(2,3)17(27)23-22-16-15-12(13(20-21-16)9-14(25)26)8-11(10-19-15)24-4-6-28-7-5-24/h8,10H,4-7,9H2,1-3H3,(H,21,22)(H,23,27)(H,25,26). The summed E-state index contributed by atoms with van der Waals surface area (Å²) in [6.07, 6.45) is 1.43. The molecule has 1 fully saturated rings. The van der Waals surface area contributed by atoms with Gasteiger partial charge in [-0.25, -0.2) is 4.98 Å². The maximum Gasteiger partial charge on any atom is 0.309 e. The van der Waals surface area contributed by atoms with E-state index in [2.05, 4.69) is 30.9 Å². The number of nitrogens with one attached hydrogen (secondary N) is 2. The fraction of sp³-hybridized carbons (Fsp3) is 0.500. The third-order valence-electron chi connectivity index (χ3n) is 4.35. The number of amides is 1. The number of aliphatic carboxylic acids is 1. The quantitative estimate of drug-likeness (QED) is 0.642. The number of carboxylic acid groups (broad SMARTS) is 1. The van der Waals surface area contributed by atoms with Crippen LogP contribution in [0.1, 0.15) is 26.5 Å². The van der Waals surface area contributed by atoms with Crippen molar-refractivity contribution in [1.82, 2.24) is 20.6 Å². The first-order chi connectivity index (χ1) is 13.3. The van der Waals surface area contributed by atoms with Gasteiger partial charge in [-0.05, 0) is 6.07 Å². The number of nitrogens with zero attached hydrogens (tertiary/aromatic N) is 4. The highest BCUT2D eigenvalue weighted by Crippen LogP contribution is 2.26. The molecule has 28 heavy (non-hydrogen) atoms. The van der Waals surface area contributed by atoms with Gasteiger partial charge in [0.2, 0.25) is 5.91 Å². The van der Waals surface area contributed by atoms with Crippen molar-refractivity contribution in [2.24, 2.45) is 5.41 Å². The number of anilines is 2. The van der Waals surface area contributed by atoms with E-state index in [0.717, 1.165) is 18.8 Å². The van der Waals surface area contributed by atoms with E-state index < -0.39 is 11.4 Å². The van der Waals surface area contributed by atoms with E-state index in [4.69, 9.17) is 4.74 Å². The molecule has 0 unspecified atom stereocenters. The Kier molecular flexibility index (Phi) is 5.59. The SMILES string of the molecule is CC(C)(C)C(=O)NNc1nnc(CC(=O)O)c2cc(N3CCOCC3)cnc12. The number of pyridine rings is 1. The summed E-state index contributed by atoms with van der Waals surface area (Å²) in [5.41, 5.74) is 6.39. The summed E-state index contributed by atoms with van der Waals surface area (Å²) < 4.78 is 5.37. The van der Waals surface area contributed by atoms with Crippen LogP contribution in [0.3, 0.4) is 0 Å². The number of hydrogen-bond acceptors (Lipinski definition) is 8. The zero-order valence-corrected chi connectivity index (χ0v) is 16.2. The molecule has 0 spiro atoms. The van der Waals surface area contributed by atoms with Gasteiger partial charge in [0.15, 0.2) is 5.82 Å². The van der Waals surface area contributed by atoms with Gasteiger partial charge < -0.3 is 14.7 Å². The van der Waals surface area contributed by atoms with E-state index in [1.165, 1.54) is 0 Å². The monoisotopic (exact) mass is 388 g/mol.